The number of para-hydroxylation sites is 1. The summed E-state index contributed by atoms with van der Waals surface area (Å²) in [6.45, 7) is 0.852. The van der Waals surface area contributed by atoms with Gasteiger partial charge in [-0.15, -0.1) is 11.3 Å². The molecule has 0 amide bonds. The van der Waals surface area contributed by atoms with E-state index in [0.29, 0.717) is 0 Å². The maximum atomic E-state index is 9.42. The Kier molecular flexibility index (Phi) is 3.12. The molecule has 3 aromatic rings. The second-order valence-electron chi connectivity index (χ2n) is 4.16. The van der Waals surface area contributed by atoms with E-state index in [4.69, 9.17) is 11.6 Å². The van der Waals surface area contributed by atoms with Crippen molar-refractivity contribution in [1.82, 2.24) is 4.57 Å². The maximum absolute atomic E-state index is 9.42. The standard InChI is InChI=1S/C14H12ClNOS/c15-13-5-4-12(18-13)8-16-7-6-10-2-1-3-11(9-17)14(10)16/h1-7,17H,8-9H2. The average molecular weight is 278 g/mol. The van der Waals surface area contributed by atoms with Crippen molar-refractivity contribution in [2.24, 2.45) is 0 Å². The molecule has 0 unspecified atom stereocenters. The lowest BCUT2D eigenvalue weighted by Crippen LogP contribution is -1.98. The molecule has 0 aliphatic heterocycles. The Hall–Kier alpha value is -1.29. The zero-order valence-electron chi connectivity index (χ0n) is 9.64. The summed E-state index contributed by atoms with van der Waals surface area (Å²) < 4.78 is 2.96. The van der Waals surface area contributed by atoms with Gasteiger partial charge in [-0.1, -0.05) is 29.8 Å². The Bertz CT molecular complexity index is 686. The molecule has 2 aromatic heterocycles. The number of aliphatic hydroxyl groups excluding tert-OH is 1. The molecule has 0 bridgehead atoms. The predicted octanol–water partition coefficient (Wildman–Crippen LogP) is 3.90. The lowest BCUT2D eigenvalue weighted by molar-refractivity contribution is 0.283. The number of rotatable bonds is 3. The number of nitrogens with zero attached hydrogens (tertiary/aromatic N) is 1. The molecule has 3 rings (SSSR count). The normalized spacial score (nSPS) is 11.2. The van der Waals surface area contributed by atoms with E-state index in [9.17, 15) is 5.11 Å². The number of halogens is 1. The van der Waals surface area contributed by atoms with Gasteiger partial charge in [-0.2, -0.15) is 0 Å². The van der Waals surface area contributed by atoms with Crippen LogP contribution in [0.3, 0.4) is 0 Å². The highest BCUT2D eigenvalue weighted by Gasteiger charge is 2.07. The highest BCUT2D eigenvalue weighted by atomic mass is 35.5. The zero-order chi connectivity index (χ0) is 12.5. The average Bonchev–Trinajstić information content (AvgIpc) is 2.97. The van der Waals surface area contributed by atoms with Crippen molar-refractivity contribution < 1.29 is 5.11 Å². The van der Waals surface area contributed by atoms with Gasteiger partial charge in [0, 0.05) is 16.6 Å². The lowest BCUT2D eigenvalue weighted by atomic mass is 10.1. The highest BCUT2D eigenvalue weighted by Crippen LogP contribution is 2.25. The molecule has 1 N–H and O–H groups in total. The summed E-state index contributed by atoms with van der Waals surface area (Å²) in [6, 6.07) is 12.0. The molecule has 0 aliphatic carbocycles. The molecule has 0 saturated carbocycles. The van der Waals surface area contributed by atoms with E-state index < -0.39 is 0 Å². The smallest absolute Gasteiger partial charge is 0.0931 e. The lowest BCUT2D eigenvalue weighted by Gasteiger charge is -2.07. The molecule has 2 nitrogen and oxygen atoms in total. The topological polar surface area (TPSA) is 25.2 Å². The Balaban J connectivity index is 2.06. The van der Waals surface area contributed by atoms with Crippen LogP contribution in [0.5, 0.6) is 0 Å². The van der Waals surface area contributed by atoms with E-state index >= 15 is 0 Å². The fourth-order valence-electron chi connectivity index (χ4n) is 2.20. The van der Waals surface area contributed by atoms with Crippen LogP contribution in [0.25, 0.3) is 10.9 Å². The SMILES string of the molecule is OCc1cccc2ccn(Cc3ccc(Cl)s3)c12. The maximum Gasteiger partial charge on any atom is 0.0931 e. The first-order valence-corrected chi connectivity index (χ1v) is 6.89. The molecule has 18 heavy (non-hydrogen) atoms. The van der Waals surface area contributed by atoms with Crippen LogP contribution >= 0.6 is 22.9 Å². The largest absolute Gasteiger partial charge is 0.392 e. The Morgan fingerprint density at radius 1 is 1.17 bits per heavy atom. The van der Waals surface area contributed by atoms with Gasteiger partial charge in [0.1, 0.15) is 0 Å². The molecular weight excluding hydrogens is 266 g/mol. The molecule has 0 atom stereocenters. The van der Waals surface area contributed by atoms with Crippen LogP contribution < -0.4 is 0 Å². The summed E-state index contributed by atoms with van der Waals surface area (Å²) >= 11 is 7.54. The Labute approximate surface area is 114 Å². The second kappa shape index (κ2) is 4.76. The summed E-state index contributed by atoms with van der Waals surface area (Å²) in [5.41, 5.74) is 2.06. The van der Waals surface area contributed by atoms with Crippen LogP contribution in [-0.4, -0.2) is 9.67 Å². The molecule has 0 spiro atoms. The number of fused-ring (bicyclic) bond motifs is 1. The number of thiophene rings is 1. The molecule has 0 radical (unpaired) electrons. The van der Waals surface area contributed by atoms with Gasteiger partial charge in [-0.3, -0.25) is 0 Å². The monoisotopic (exact) mass is 277 g/mol. The summed E-state index contributed by atoms with van der Waals surface area (Å²) in [6.07, 6.45) is 2.05. The van der Waals surface area contributed by atoms with Crippen LogP contribution in [0.4, 0.5) is 0 Å². The van der Waals surface area contributed by atoms with E-state index in [0.717, 1.165) is 27.3 Å². The van der Waals surface area contributed by atoms with Crippen LogP contribution in [-0.2, 0) is 13.2 Å². The van der Waals surface area contributed by atoms with Crippen LogP contribution in [0.15, 0.2) is 42.6 Å². The van der Waals surface area contributed by atoms with Crippen molar-refractivity contribution in [2.75, 3.05) is 0 Å². The fourth-order valence-corrected chi connectivity index (χ4v) is 3.29. The molecule has 2 heterocycles. The number of hydrogen-bond donors (Lipinski definition) is 1. The van der Waals surface area contributed by atoms with Crippen LogP contribution in [0.2, 0.25) is 4.34 Å². The minimum absolute atomic E-state index is 0.0621. The molecule has 0 fully saturated rings. The van der Waals surface area contributed by atoms with Crippen LogP contribution in [0, 0.1) is 0 Å². The van der Waals surface area contributed by atoms with E-state index in [-0.39, 0.29) is 6.61 Å². The highest BCUT2D eigenvalue weighted by molar-refractivity contribution is 7.16. The third-order valence-corrected chi connectivity index (χ3v) is 4.21. The van der Waals surface area contributed by atoms with Gasteiger partial charge in [0.15, 0.2) is 0 Å². The third-order valence-electron chi connectivity index (χ3n) is 3.00. The molecular formula is C14H12ClNOS. The number of benzene rings is 1. The van der Waals surface area contributed by atoms with Gasteiger partial charge in [0.05, 0.1) is 23.0 Å². The van der Waals surface area contributed by atoms with Crippen molar-refractivity contribution in [1.29, 1.82) is 0 Å². The Morgan fingerprint density at radius 3 is 2.78 bits per heavy atom. The number of aromatic nitrogens is 1. The molecule has 92 valence electrons. The van der Waals surface area contributed by atoms with Gasteiger partial charge in [0.25, 0.3) is 0 Å². The fraction of sp³-hybridized carbons (Fsp3) is 0.143. The second-order valence-corrected chi connectivity index (χ2v) is 5.96. The summed E-state index contributed by atoms with van der Waals surface area (Å²) in [5, 5.41) is 10.6. The first-order valence-electron chi connectivity index (χ1n) is 5.70. The number of aliphatic hydroxyl groups is 1. The van der Waals surface area contributed by atoms with Gasteiger partial charge in [-0.25, -0.2) is 0 Å². The van der Waals surface area contributed by atoms with Crippen molar-refractivity contribution in [2.45, 2.75) is 13.2 Å². The van der Waals surface area contributed by atoms with Crippen LogP contribution in [0.1, 0.15) is 10.4 Å². The molecule has 0 saturated heterocycles. The minimum Gasteiger partial charge on any atom is -0.392 e. The van der Waals surface area contributed by atoms with Crippen molar-refractivity contribution in [3.8, 4) is 0 Å². The quantitative estimate of drug-likeness (QED) is 0.772. The molecule has 0 aliphatic rings. The predicted molar refractivity (Wildman–Crippen MR) is 76.3 cm³/mol. The number of hydrogen-bond acceptors (Lipinski definition) is 2. The zero-order valence-corrected chi connectivity index (χ0v) is 11.2. The molecule has 4 heteroatoms. The Morgan fingerprint density at radius 2 is 2.06 bits per heavy atom. The first kappa shape index (κ1) is 11.8. The van der Waals surface area contributed by atoms with Gasteiger partial charge in [-0.05, 0) is 23.6 Å². The van der Waals surface area contributed by atoms with E-state index in [1.807, 2.05) is 24.3 Å². The molecule has 1 aromatic carbocycles. The van der Waals surface area contributed by atoms with E-state index in [1.165, 1.54) is 4.88 Å². The van der Waals surface area contributed by atoms with Crippen molar-refractivity contribution >= 4 is 33.8 Å². The summed E-state index contributed by atoms with van der Waals surface area (Å²) in [4.78, 5) is 1.21. The summed E-state index contributed by atoms with van der Waals surface area (Å²) in [7, 11) is 0. The summed E-state index contributed by atoms with van der Waals surface area (Å²) in [5.74, 6) is 0. The van der Waals surface area contributed by atoms with Gasteiger partial charge < -0.3 is 9.67 Å². The first-order chi connectivity index (χ1) is 8.78. The van der Waals surface area contributed by atoms with Crippen molar-refractivity contribution in [3.63, 3.8) is 0 Å². The van der Waals surface area contributed by atoms with Gasteiger partial charge in [0.2, 0.25) is 0 Å². The van der Waals surface area contributed by atoms with Gasteiger partial charge >= 0.3 is 0 Å². The van der Waals surface area contributed by atoms with E-state index in [2.05, 4.69) is 22.9 Å². The minimum atomic E-state index is 0.0621. The van der Waals surface area contributed by atoms with E-state index in [1.54, 1.807) is 11.3 Å². The van der Waals surface area contributed by atoms with Crippen molar-refractivity contribution in [3.05, 3.63) is 57.4 Å². The third kappa shape index (κ3) is 2.05.